The van der Waals surface area contributed by atoms with Gasteiger partial charge in [-0.3, -0.25) is 9.59 Å². The van der Waals surface area contributed by atoms with E-state index in [9.17, 15) is 9.59 Å². The molecule has 0 spiro atoms. The van der Waals surface area contributed by atoms with Gasteiger partial charge in [0.25, 0.3) is 11.5 Å². The number of benzene rings is 2. The Hall–Kier alpha value is -3.21. The topological polar surface area (TPSA) is 74.8 Å². The van der Waals surface area contributed by atoms with Crippen LogP contribution in [0, 0.1) is 6.92 Å². The van der Waals surface area contributed by atoms with Crippen molar-refractivity contribution in [2.45, 2.75) is 19.9 Å². The Morgan fingerprint density at radius 3 is 2.44 bits per heavy atom. The van der Waals surface area contributed by atoms with Gasteiger partial charge in [-0.1, -0.05) is 60.2 Å². The van der Waals surface area contributed by atoms with Gasteiger partial charge in [-0.25, -0.2) is 4.98 Å². The Morgan fingerprint density at radius 2 is 1.76 bits per heavy atom. The minimum Gasteiger partial charge on any atom is -0.344 e. The van der Waals surface area contributed by atoms with Crippen molar-refractivity contribution in [3.05, 3.63) is 87.8 Å². The van der Waals surface area contributed by atoms with E-state index >= 15 is 0 Å². The van der Waals surface area contributed by atoms with Gasteiger partial charge < -0.3 is 10.3 Å². The van der Waals surface area contributed by atoms with Crippen LogP contribution in [0.5, 0.6) is 0 Å². The first kappa shape index (κ1) is 16.6. The van der Waals surface area contributed by atoms with Crippen LogP contribution in [0.25, 0.3) is 11.4 Å². The Bertz CT molecular complexity index is 931. The summed E-state index contributed by atoms with van der Waals surface area (Å²) in [5.74, 6) is -0.00223. The van der Waals surface area contributed by atoms with E-state index < -0.39 is 0 Å². The predicted octanol–water partition coefficient (Wildman–Crippen LogP) is 3.24. The van der Waals surface area contributed by atoms with E-state index in [1.54, 1.807) is 0 Å². The number of hydrogen-bond donors (Lipinski definition) is 2. The second-order valence-electron chi connectivity index (χ2n) is 5.95. The third-order valence-electron chi connectivity index (χ3n) is 3.95. The quantitative estimate of drug-likeness (QED) is 0.770. The molecule has 2 aromatic carbocycles. The van der Waals surface area contributed by atoms with Crippen LogP contribution in [-0.2, 0) is 0 Å². The number of amides is 1. The Balaban J connectivity index is 1.83. The van der Waals surface area contributed by atoms with E-state index in [0.717, 1.165) is 16.7 Å². The Morgan fingerprint density at radius 1 is 1.08 bits per heavy atom. The Labute approximate surface area is 145 Å². The van der Waals surface area contributed by atoms with E-state index in [2.05, 4.69) is 15.3 Å². The molecule has 0 unspecified atom stereocenters. The molecule has 0 aliphatic heterocycles. The number of nitrogens with zero attached hydrogens (tertiary/aromatic N) is 1. The normalized spacial score (nSPS) is 11.8. The number of aryl methyl sites for hydroxylation is 1. The van der Waals surface area contributed by atoms with Crippen molar-refractivity contribution in [3.63, 3.8) is 0 Å². The molecule has 1 amide bonds. The van der Waals surface area contributed by atoms with Gasteiger partial charge in [0.2, 0.25) is 0 Å². The fourth-order valence-corrected chi connectivity index (χ4v) is 2.52. The SMILES string of the molecule is Cc1ccc([C@@H](C)NC(=O)c2cc(=O)[nH]c(-c3ccccc3)n2)cc1. The number of hydrogen-bond acceptors (Lipinski definition) is 3. The summed E-state index contributed by atoms with van der Waals surface area (Å²) in [4.78, 5) is 31.4. The molecule has 0 aliphatic rings. The first-order valence-electron chi connectivity index (χ1n) is 8.07. The highest BCUT2D eigenvalue weighted by Crippen LogP contribution is 2.15. The summed E-state index contributed by atoms with van der Waals surface area (Å²) in [6.07, 6.45) is 0. The standard InChI is InChI=1S/C20H19N3O2/c1-13-8-10-15(11-9-13)14(2)21-20(25)17-12-18(24)23-19(22-17)16-6-4-3-5-7-16/h3-12,14H,1-2H3,(H,21,25)(H,22,23,24)/t14-/m1/s1. The zero-order valence-electron chi connectivity index (χ0n) is 14.1. The number of rotatable bonds is 4. The van der Waals surface area contributed by atoms with E-state index in [-0.39, 0.29) is 23.2 Å². The number of carbonyl (C=O) groups is 1. The van der Waals surface area contributed by atoms with Gasteiger partial charge in [-0.2, -0.15) is 0 Å². The lowest BCUT2D eigenvalue weighted by atomic mass is 10.1. The molecule has 2 N–H and O–H groups in total. The number of aromatic amines is 1. The van der Waals surface area contributed by atoms with Crippen LogP contribution in [0.2, 0.25) is 0 Å². The molecule has 5 nitrogen and oxygen atoms in total. The third-order valence-corrected chi connectivity index (χ3v) is 3.95. The fourth-order valence-electron chi connectivity index (χ4n) is 2.52. The highest BCUT2D eigenvalue weighted by Gasteiger charge is 2.14. The van der Waals surface area contributed by atoms with E-state index in [0.29, 0.717) is 5.82 Å². The summed E-state index contributed by atoms with van der Waals surface area (Å²) in [5.41, 5.74) is 2.64. The molecule has 0 fully saturated rings. The molecule has 1 atom stereocenters. The summed E-state index contributed by atoms with van der Waals surface area (Å²) >= 11 is 0. The first-order valence-corrected chi connectivity index (χ1v) is 8.07. The molecule has 1 aromatic heterocycles. The van der Waals surface area contributed by atoms with Crippen LogP contribution in [0.15, 0.2) is 65.5 Å². The lowest BCUT2D eigenvalue weighted by Gasteiger charge is -2.14. The molecule has 0 aliphatic carbocycles. The zero-order chi connectivity index (χ0) is 17.8. The van der Waals surface area contributed by atoms with Gasteiger partial charge in [0.1, 0.15) is 11.5 Å². The van der Waals surface area contributed by atoms with Crippen LogP contribution >= 0.6 is 0 Å². The monoisotopic (exact) mass is 333 g/mol. The number of carbonyl (C=O) groups excluding carboxylic acids is 1. The molecule has 0 bridgehead atoms. The molecule has 3 aromatic rings. The van der Waals surface area contributed by atoms with Crippen molar-refractivity contribution in [1.29, 1.82) is 0 Å². The number of nitrogens with one attached hydrogen (secondary N) is 2. The van der Waals surface area contributed by atoms with Crippen molar-refractivity contribution in [2.24, 2.45) is 0 Å². The van der Waals surface area contributed by atoms with Crippen LogP contribution in [0.4, 0.5) is 0 Å². The summed E-state index contributed by atoms with van der Waals surface area (Å²) in [6.45, 7) is 3.91. The van der Waals surface area contributed by atoms with E-state index in [1.165, 1.54) is 6.07 Å². The maximum absolute atomic E-state index is 12.5. The summed E-state index contributed by atoms with van der Waals surface area (Å²) < 4.78 is 0. The maximum Gasteiger partial charge on any atom is 0.270 e. The van der Waals surface area contributed by atoms with Crippen LogP contribution in [0.3, 0.4) is 0 Å². The highest BCUT2D eigenvalue weighted by molar-refractivity contribution is 5.92. The van der Waals surface area contributed by atoms with Crippen molar-refractivity contribution < 1.29 is 4.79 Å². The van der Waals surface area contributed by atoms with Crippen molar-refractivity contribution in [3.8, 4) is 11.4 Å². The lowest BCUT2D eigenvalue weighted by Crippen LogP contribution is -2.29. The molecule has 3 rings (SSSR count). The summed E-state index contributed by atoms with van der Waals surface area (Å²) in [6, 6.07) is 18.2. The van der Waals surface area contributed by atoms with E-state index in [4.69, 9.17) is 0 Å². The van der Waals surface area contributed by atoms with Crippen LogP contribution < -0.4 is 10.9 Å². The van der Waals surface area contributed by atoms with E-state index in [1.807, 2.05) is 68.4 Å². The van der Waals surface area contributed by atoms with Gasteiger partial charge in [-0.15, -0.1) is 0 Å². The second kappa shape index (κ2) is 7.13. The molecule has 1 heterocycles. The third kappa shape index (κ3) is 4.01. The average Bonchev–Trinajstić information content (AvgIpc) is 2.62. The lowest BCUT2D eigenvalue weighted by molar-refractivity contribution is 0.0934. The molecule has 25 heavy (non-hydrogen) atoms. The molecule has 0 saturated carbocycles. The molecular weight excluding hydrogens is 314 g/mol. The smallest absolute Gasteiger partial charge is 0.270 e. The molecule has 0 saturated heterocycles. The molecule has 0 radical (unpaired) electrons. The van der Waals surface area contributed by atoms with Crippen molar-refractivity contribution in [2.75, 3.05) is 0 Å². The average molecular weight is 333 g/mol. The van der Waals surface area contributed by atoms with Crippen molar-refractivity contribution in [1.82, 2.24) is 15.3 Å². The van der Waals surface area contributed by atoms with Crippen LogP contribution in [-0.4, -0.2) is 15.9 Å². The van der Waals surface area contributed by atoms with Gasteiger partial charge in [0.15, 0.2) is 0 Å². The maximum atomic E-state index is 12.5. The highest BCUT2D eigenvalue weighted by atomic mass is 16.2. The van der Waals surface area contributed by atoms with Crippen molar-refractivity contribution >= 4 is 5.91 Å². The summed E-state index contributed by atoms with van der Waals surface area (Å²) in [7, 11) is 0. The largest absolute Gasteiger partial charge is 0.344 e. The molecular formula is C20H19N3O2. The van der Waals surface area contributed by atoms with Gasteiger partial charge in [0, 0.05) is 11.6 Å². The fraction of sp³-hybridized carbons (Fsp3) is 0.150. The second-order valence-corrected chi connectivity index (χ2v) is 5.95. The minimum absolute atomic E-state index is 0.0987. The minimum atomic E-state index is -0.378. The van der Waals surface area contributed by atoms with Crippen LogP contribution in [0.1, 0.15) is 34.6 Å². The summed E-state index contributed by atoms with van der Waals surface area (Å²) in [5, 5.41) is 2.88. The number of H-pyrrole nitrogens is 1. The van der Waals surface area contributed by atoms with Gasteiger partial charge >= 0.3 is 0 Å². The molecule has 126 valence electrons. The van der Waals surface area contributed by atoms with Gasteiger partial charge in [-0.05, 0) is 19.4 Å². The Kier molecular flexibility index (Phi) is 4.75. The predicted molar refractivity (Wildman–Crippen MR) is 97.4 cm³/mol. The molecule has 5 heteroatoms. The number of aromatic nitrogens is 2. The first-order chi connectivity index (χ1) is 12.0. The zero-order valence-corrected chi connectivity index (χ0v) is 14.1. The van der Waals surface area contributed by atoms with Gasteiger partial charge in [0.05, 0.1) is 6.04 Å².